The Hall–Kier alpha value is -1.87. The third-order valence-electron chi connectivity index (χ3n) is 4.71. The second kappa shape index (κ2) is 10.1. The van der Waals surface area contributed by atoms with Crippen LogP contribution in [-0.2, 0) is 4.74 Å². The summed E-state index contributed by atoms with van der Waals surface area (Å²) in [6, 6.07) is 13.8. The van der Waals surface area contributed by atoms with Gasteiger partial charge in [0.1, 0.15) is 24.9 Å². The van der Waals surface area contributed by atoms with Gasteiger partial charge in [-0.25, -0.2) is 4.39 Å². The highest BCUT2D eigenvalue weighted by molar-refractivity contribution is 9.10. The van der Waals surface area contributed by atoms with Gasteiger partial charge in [-0.2, -0.15) is 0 Å². The quantitative estimate of drug-likeness (QED) is 0.588. The van der Waals surface area contributed by atoms with E-state index in [0.717, 1.165) is 18.7 Å². The Morgan fingerprint density at radius 3 is 2.54 bits per heavy atom. The van der Waals surface area contributed by atoms with Crippen molar-refractivity contribution in [3.05, 3.63) is 69.9 Å². The Morgan fingerprint density at radius 2 is 1.86 bits per heavy atom. The lowest BCUT2D eigenvalue weighted by atomic mass is 10.0. The third-order valence-corrected chi connectivity index (χ3v) is 5.65. The molecule has 0 bridgehead atoms. The second-order valence-corrected chi connectivity index (χ2v) is 7.78. The van der Waals surface area contributed by atoms with Crippen LogP contribution in [0.1, 0.15) is 22.0 Å². The molecule has 3 rings (SSSR count). The predicted octanol–water partition coefficient (Wildman–Crippen LogP) is 1.85. The van der Waals surface area contributed by atoms with Gasteiger partial charge in [0.2, 0.25) is 0 Å². The van der Waals surface area contributed by atoms with Crippen molar-refractivity contribution in [2.75, 3.05) is 32.8 Å². The van der Waals surface area contributed by atoms with Gasteiger partial charge >= 0.3 is 0 Å². The molecule has 0 saturated carbocycles. The minimum atomic E-state index is -0.276. The molecule has 1 amide bonds. The van der Waals surface area contributed by atoms with E-state index in [1.807, 2.05) is 6.07 Å². The van der Waals surface area contributed by atoms with Crippen molar-refractivity contribution >= 4 is 39.2 Å². The minimum absolute atomic E-state index is 0.0720. The zero-order valence-electron chi connectivity index (χ0n) is 15.2. The van der Waals surface area contributed by atoms with Crippen LogP contribution in [0.4, 0.5) is 4.39 Å². The van der Waals surface area contributed by atoms with Gasteiger partial charge in [-0.3, -0.25) is 10.1 Å². The van der Waals surface area contributed by atoms with Gasteiger partial charge in [0.25, 0.3) is 5.91 Å². The molecule has 1 atom stereocenters. The van der Waals surface area contributed by atoms with Crippen LogP contribution >= 0.6 is 28.1 Å². The predicted molar refractivity (Wildman–Crippen MR) is 113 cm³/mol. The van der Waals surface area contributed by atoms with Gasteiger partial charge < -0.3 is 15.0 Å². The summed E-state index contributed by atoms with van der Waals surface area (Å²) in [5.41, 5.74) is 1.53. The number of morpholine rings is 1. The molecule has 5 nitrogen and oxygen atoms in total. The summed E-state index contributed by atoms with van der Waals surface area (Å²) < 4.78 is 19.5. The molecule has 8 heteroatoms. The summed E-state index contributed by atoms with van der Waals surface area (Å²) in [5, 5.41) is 6.12. The van der Waals surface area contributed by atoms with E-state index in [1.54, 1.807) is 30.3 Å². The van der Waals surface area contributed by atoms with Gasteiger partial charge in [0, 0.05) is 10.0 Å². The van der Waals surface area contributed by atoms with E-state index in [0.29, 0.717) is 29.8 Å². The molecule has 1 heterocycles. The molecule has 148 valence electrons. The number of ether oxygens (including phenoxy) is 1. The number of halogens is 2. The number of nitrogens with one attached hydrogen (secondary N) is 3. The zero-order valence-corrected chi connectivity index (χ0v) is 17.6. The van der Waals surface area contributed by atoms with Crippen molar-refractivity contribution < 1.29 is 18.8 Å². The Kier molecular flexibility index (Phi) is 7.50. The number of carbonyl (C=O) groups is 1. The van der Waals surface area contributed by atoms with Crippen LogP contribution in [0.15, 0.2) is 53.0 Å². The summed E-state index contributed by atoms with van der Waals surface area (Å²) in [7, 11) is 0. The van der Waals surface area contributed by atoms with Crippen molar-refractivity contribution in [1.82, 2.24) is 10.6 Å². The van der Waals surface area contributed by atoms with Crippen LogP contribution in [0, 0.1) is 5.82 Å². The number of amides is 1. The monoisotopic (exact) mass is 466 g/mol. The first-order valence-corrected chi connectivity index (χ1v) is 10.3. The topological polar surface area (TPSA) is 54.8 Å². The number of thiocarbonyl (C=S) groups is 1. The van der Waals surface area contributed by atoms with Gasteiger partial charge in [0.15, 0.2) is 5.11 Å². The summed E-state index contributed by atoms with van der Waals surface area (Å²) >= 11 is 8.68. The molecule has 1 fully saturated rings. The van der Waals surface area contributed by atoms with E-state index in [4.69, 9.17) is 17.0 Å². The zero-order chi connectivity index (χ0) is 19.9. The number of carbonyl (C=O) groups excluding carboxylic acids is 1. The first kappa shape index (κ1) is 20.9. The molecular weight excluding hydrogens is 445 g/mol. The molecule has 0 aromatic heterocycles. The van der Waals surface area contributed by atoms with Gasteiger partial charge in [-0.15, -0.1) is 0 Å². The molecular formula is C20H22BrFN3O2S+. The first-order chi connectivity index (χ1) is 13.5. The van der Waals surface area contributed by atoms with E-state index in [1.165, 1.54) is 17.0 Å². The van der Waals surface area contributed by atoms with Crippen molar-refractivity contribution in [3.8, 4) is 0 Å². The molecule has 1 aliphatic rings. The maximum Gasteiger partial charge on any atom is 0.258 e. The standard InChI is InChI=1S/C20H21BrFN3O2S/c21-17-4-2-1-3-16(17)19(26)24-20(28)23-13-18(25-9-11-27-12-10-25)14-5-7-15(22)8-6-14/h1-8,18H,9-13H2,(H2,23,24,26,28)/p+1/t18-/m0/s1. The smallest absolute Gasteiger partial charge is 0.258 e. The molecule has 3 N–H and O–H groups in total. The summed E-state index contributed by atoms with van der Waals surface area (Å²) in [5.74, 6) is -0.536. The average molecular weight is 467 g/mol. The number of quaternary nitrogens is 1. The van der Waals surface area contributed by atoms with Crippen LogP contribution in [0.25, 0.3) is 0 Å². The molecule has 1 aliphatic heterocycles. The number of hydrogen-bond acceptors (Lipinski definition) is 3. The SMILES string of the molecule is O=C(NC(=S)NC[C@@H](c1ccc(F)cc1)[NH+]1CCOCC1)c1ccccc1Br. The maximum atomic E-state index is 13.3. The summed E-state index contributed by atoms with van der Waals surface area (Å²) in [6.07, 6.45) is 0. The highest BCUT2D eigenvalue weighted by Crippen LogP contribution is 2.15. The van der Waals surface area contributed by atoms with Gasteiger partial charge in [-0.05, 0) is 52.4 Å². The van der Waals surface area contributed by atoms with Crippen LogP contribution in [-0.4, -0.2) is 43.9 Å². The molecule has 0 spiro atoms. The van der Waals surface area contributed by atoms with Crippen LogP contribution in [0.5, 0.6) is 0 Å². The Morgan fingerprint density at radius 1 is 1.18 bits per heavy atom. The highest BCUT2D eigenvalue weighted by Gasteiger charge is 2.26. The van der Waals surface area contributed by atoms with Crippen LogP contribution in [0.2, 0.25) is 0 Å². The lowest BCUT2D eigenvalue weighted by Crippen LogP contribution is -3.15. The molecule has 0 unspecified atom stereocenters. The fourth-order valence-electron chi connectivity index (χ4n) is 3.23. The normalized spacial score (nSPS) is 15.6. The number of rotatable bonds is 5. The number of hydrogen-bond donors (Lipinski definition) is 3. The Balaban J connectivity index is 1.64. The largest absolute Gasteiger partial charge is 0.370 e. The third kappa shape index (κ3) is 5.57. The van der Waals surface area contributed by atoms with Crippen molar-refractivity contribution in [2.45, 2.75) is 6.04 Å². The number of benzene rings is 2. The Labute approximate surface area is 177 Å². The second-order valence-electron chi connectivity index (χ2n) is 6.52. The molecule has 28 heavy (non-hydrogen) atoms. The lowest BCUT2D eigenvalue weighted by molar-refractivity contribution is -0.937. The molecule has 1 saturated heterocycles. The van der Waals surface area contributed by atoms with E-state index < -0.39 is 0 Å². The molecule has 0 aliphatic carbocycles. The van der Waals surface area contributed by atoms with Crippen molar-refractivity contribution in [3.63, 3.8) is 0 Å². The fourth-order valence-corrected chi connectivity index (χ4v) is 3.87. The summed E-state index contributed by atoms with van der Waals surface area (Å²) in [4.78, 5) is 13.7. The van der Waals surface area contributed by atoms with Gasteiger partial charge in [0.05, 0.1) is 25.3 Å². The van der Waals surface area contributed by atoms with Crippen LogP contribution in [0.3, 0.4) is 0 Å². The average Bonchev–Trinajstić information content (AvgIpc) is 2.70. The minimum Gasteiger partial charge on any atom is -0.370 e. The van der Waals surface area contributed by atoms with E-state index in [-0.39, 0.29) is 22.9 Å². The first-order valence-electron chi connectivity index (χ1n) is 9.06. The van der Waals surface area contributed by atoms with Crippen molar-refractivity contribution in [1.29, 1.82) is 0 Å². The molecule has 2 aromatic carbocycles. The maximum absolute atomic E-state index is 13.3. The van der Waals surface area contributed by atoms with E-state index in [2.05, 4.69) is 26.6 Å². The highest BCUT2D eigenvalue weighted by atomic mass is 79.9. The van der Waals surface area contributed by atoms with E-state index >= 15 is 0 Å². The Bertz CT molecular complexity index is 828. The van der Waals surface area contributed by atoms with Gasteiger partial charge in [-0.1, -0.05) is 24.3 Å². The molecule has 2 aromatic rings. The summed E-state index contributed by atoms with van der Waals surface area (Å²) in [6.45, 7) is 3.63. The fraction of sp³-hybridized carbons (Fsp3) is 0.300. The van der Waals surface area contributed by atoms with E-state index in [9.17, 15) is 9.18 Å². The van der Waals surface area contributed by atoms with Crippen molar-refractivity contribution in [2.24, 2.45) is 0 Å². The molecule has 0 radical (unpaired) electrons. The van der Waals surface area contributed by atoms with Crippen LogP contribution < -0.4 is 15.5 Å². The lowest BCUT2D eigenvalue weighted by Gasteiger charge is -2.32.